The van der Waals surface area contributed by atoms with Gasteiger partial charge in [0.05, 0.1) is 36.8 Å². The van der Waals surface area contributed by atoms with Gasteiger partial charge in [-0.15, -0.1) is 11.3 Å². The summed E-state index contributed by atoms with van der Waals surface area (Å²) in [7, 11) is 0. The van der Waals surface area contributed by atoms with Gasteiger partial charge in [-0.3, -0.25) is 14.8 Å². The summed E-state index contributed by atoms with van der Waals surface area (Å²) in [6.07, 6.45) is 4.22. The molecule has 2 atom stereocenters. The van der Waals surface area contributed by atoms with Crippen LogP contribution in [-0.4, -0.2) is 62.7 Å². The molecule has 9 nitrogen and oxygen atoms in total. The molecular formula is C29H27ClFN7O2S. The van der Waals surface area contributed by atoms with Gasteiger partial charge < -0.3 is 14.2 Å². The SMILES string of the molecule is Cc1cc(-c2ccc(N3CCOCC3)cc2)c(Cl)c2nn(C(C(=O)Nc3nccs3)c3ncn4c3C[C@@H](F)C4)cc12. The fourth-order valence-corrected chi connectivity index (χ4v) is 6.53. The third-order valence-electron chi connectivity index (χ3n) is 7.74. The number of aryl methyl sites for hydroxylation is 1. The summed E-state index contributed by atoms with van der Waals surface area (Å²) in [5.74, 6) is -0.357. The number of hydrogen-bond acceptors (Lipinski definition) is 7. The van der Waals surface area contributed by atoms with Gasteiger partial charge in [0, 0.05) is 59.6 Å². The Labute approximate surface area is 244 Å². The number of fused-ring (bicyclic) bond motifs is 2. The predicted octanol–water partition coefficient (Wildman–Crippen LogP) is 5.28. The lowest BCUT2D eigenvalue weighted by atomic mass is 10.0. The number of carbonyl (C=O) groups is 1. The van der Waals surface area contributed by atoms with E-state index in [1.807, 2.05) is 19.2 Å². The van der Waals surface area contributed by atoms with Crippen molar-refractivity contribution in [2.45, 2.75) is 32.1 Å². The third-order valence-corrected chi connectivity index (χ3v) is 8.81. The van der Waals surface area contributed by atoms with Crippen molar-refractivity contribution in [2.24, 2.45) is 0 Å². The van der Waals surface area contributed by atoms with Crippen LogP contribution < -0.4 is 10.2 Å². The first-order chi connectivity index (χ1) is 20.0. The summed E-state index contributed by atoms with van der Waals surface area (Å²) in [6.45, 7) is 5.42. The molecule has 2 aliphatic heterocycles. The van der Waals surface area contributed by atoms with Gasteiger partial charge in [-0.2, -0.15) is 5.10 Å². The van der Waals surface area contributed by atoms with Crippen molar-refractivity contribution in [1.29, 1.82) is 0 Å². The zero-order chi connectivity index (χ0) is 28.1. The molecule has 41 heavy (non-hydrogen) atoms. The number of nitrogens with one attached hydrogen (secondary N) is 1. The van der Waals surface area contributed by atoms with E-state index in [0.717, 1.165) is 54.1 Å². The lowest BCUT2D eigenvalue weighted by molar-refractivity contribution is -0.118. The molecule has 1 saturated heterocycles. The van der Waals surface area contributed by atoms with Crippen molar-refractivity contribution in [3.05, 3.63) is 76.4 Å². The van der Waals surface area contributed by atoms with Crippen LogP contribution in [-0.2, 0) is 22.5 Å². The maximum Gasteiger partial charge on any atom is 0.257 e. The average molecular weight is 592 g/mol. The number of hydrogen-bond donors (Lipinski definition) is 1. The van der Waals surface area contributed by atoms with Gasteiger partial charge in [0.15, 0.2) is 11.2 Å². The normalized spacial score (nSPS) is 17.6. The van der Waals surface area contributed by atoms with Crippen LogP contribution in [0.25, 0.3) is 22.0 Å². The van der Waals surface area contributed by atoms with Gasteiger partial charge in [-0.25, -0.2) is 14.4 Å². The molecule has 7 rings (SSSR count). The fourth-order valence-electron chi connectivity index (χ4n) is 5.69. The Bertz CT molecular complexity index is 1730. The number of benzene rings is 2. The number of amides is 1. The van der Waals surface area contributed by atoms with Gasteiger partial charge in [-0.05, 0) is 36.2 Å². The van der Waals surface area contributed by atoms with E-state index in [9.17, 15) is 9.18 Å². The molecule has 0 saturated carbocycles. The molecule has 1 fully saturated rings. The van der Waals surface area contributed by atoms with Crippen LogP contribution in [0.3, 0.4) is 0 Å². The van der Waals surface area contributed by atoms with Gasteiger partial charge in [0.1, 0.15) is 11.7 Å². The molecule has 2 aromatic carbocycles. The minimum atomic E-state index is -1.01. The molecule has 5 heterocycles. The van der Waals surface area contributed by atoms with E-state index in [4.69, 9.17) is 21.4 Å². The lowest BCUT2D eigenvalue weighted by Gasteiger charge is -2.29. The maximum absolute atomic E-state index is 14.3. The van der Waals surface area contributed by atoms with Crippen LogP contribution in [0.1, 0.15) is 23.0 Å². The smallest absolute Gasteiger partial charge is 0.257 e. The summed E-state index contributed by atoms with van der Waals surface area (Å²) in [6, 6.07) is 9.46. The highest BCUT2D eigenvalue weighted by Gasteiger charge is 2.34. The van der Waals surface area contributed by atoms with E-state index in [-0.39, 0.29) is 18.9 Å². The van der Waals surface area contributed by atoms with Crippen molar-refractivity contribution in [3.8, 4) is 11.1 Å². The number of imidazole rings is 1. The molecule has 3 aromatic heterocycles. The highest BCUT2D eigenvalue weighted by Crippen LogP contribution is 2.38. The largest absolute Gasteiger partial charge is 0.378 e. The summed E-state index contributed by atoms with van der Waals surface area (Å²) in [5.41, 5.74) is 5.71. The number of aromatic nitrogens is 5. The molecule has 210 valence electrons. The first kappa shape index (κ1) is 26.1. The van der Waals surface area contributed by atoms with E-state index < -0.39 is 12.2 Å². The van der Waals surface area contributed by atoms with Crippen LogP contribution in [0.5, 0.6) is 0 Å². The molecule has 5 aromatic rings. The summed E-state index contributed by atoms with van der Waals surface area (Å²) < 4.78 is 23.1. The lowest BCUT2D eigenvalue weighted by Crippen LogP contribution is -2.36. The zero-order valence-electron chi connectivity index (χ0n) is 22.3. The Balaban J connectivity index is 1.28. The number of ether oxygens (including phenoxy) is 1. The standard InChI is InChI=1S/C29H27ClFN7O2S/c1-17-12-21(18-2-4-20(5-3-18)36-7-9-40-10-8-36)24(30)25-22(17)15-38(35-25)27(28(39)34-29-32-6-11-41-29)26-23-13-19(31)14-37(23)16-33-26/h2-6,11-12,15-16,19,27H,7-10,13-14H2,1H3,(H,32,34,39)/t19-,27?/m1/s1. The van der Waals surface area contributed by atoms with E-state index in [2.05, 4.69) is 44.5 Å². The average Bonchev–Trinajstić information content (AvgIpc) is 3.78. The van der Waals surface area contributed by atoms with Gasteiger partial charge in [0.25, 0.3) is 5.91 Å². The van der Waals surface area contributed by atoms with Crippen molar-refractivity contribution in [3.63, 3.8) is 0 Å². The van der Waals surface area contributed by atoms with E-state index in [0.29, 0.717) is 27.1 Å². The summed E-state index contributed by atoms with van der Waals surface area (Å²) in [4.78, 5) is 24.7. The zero-order valence-corrected chi connectivity index (χ0v) is 23.8. The Morgan fingerprint density at radius 2 is 2.02 bits per heavy atom. The van der Waals surface area contributed by atoms with Gasteiger partial charge >= 0.3 is 0 Å². The minimum absolute atomic E-state index is 0.196. The second-order valence-electron chi connectivity index (χ2n) is 10.3. The van der Waals surface area contributed by atoms with E-state index in [1.54, 1.807) is 27.2 Å². The highest BCUT2D eigenvalue weighted by molar-refractivity contribution is 7.13. The van der Waals surface area contributed by atoms with Gasteiger partial charge in [-0.1, -0.05) is 23.7 Å². The molecule has 2 aliphatic rings. The van der Waals surface area contributed by atoms with Crippen LogP contribution in [0, 0.1) is 6.92 Å². The molecule has 0 bridgehead atoms. The highest BCUT2D eigenvalue weighted by atomic mass is 35.5. The fraction of sp³-hybridized carbons (Fsp3) is 0.310. The first-order valence-electron chi connectivity index (χ1n) is 13.5. The molecule has 1 amide bonds. The van der Waals surface area contributed by atoms with Crippen molar-refractivity contribution < 1.29 is 13.9 Å². The van der Waals surface area contributed by atoms with E-state index in [1.165, 1.54) is 11.3 Å². The maximum atomic E-state index is 14.3. The predicted molar refractivity (Wildman–Crippen MR) is 158 cm³/mol. The Hall–Kier alpha value is -3.80. The van der Waals surface area contributed by atoms with Crippen molar-refractivity contribution >= 4 is 50.6 Å². The number of carbonyl (C=O) groups excluding carboxylic acids is 1. The monoisotopic (exact) mass is 591 g/mol. The van der Waals surface area contributed by atoms with E-state index >= 15 is 0 Å². The molecule has 1 unspecified atom stereocenters. The van der Waals surface area contributed by atoms with Crippen molar-refractivity contribution in [2.75, 3.05) is 36.5 Å². The second kappa shape index (κ2) is 10.6. The quantitative estimate of drug-likeness (QED) is 0.289. The van der Waals surface area contributed by atoms with Crippen LogP contribution >= 0.6 is 22.9 Å². The number of halogens is 2. The summed E-state index contributed by atoms with van der Waals surface area (Å²) in [5, 5.41) is 11.3. The molecule has 0 radical (unpaired) electrons. The Morgan fingerprint density at radius 1 is 1.22 bits per heavy atom. The van der Waals surface area contributed by atoms with Crippen LogP contribution in [0.15, 0.2) is 54.4 Å². The summed E-state index contributed by atoms with van der Waals surface area (Å²) >= 11 is 8.32. The number of nitrogens with zero attached hydrogens (tertiary/aromatic N) is 6. The number of anilines is 2. The number of thiazole rings is 1. The molecule has 1 N–H and O–H groups in total. The van der Waals surface area contributed by atoms with Gasteiger partial charge in [0.2, 0.25) is 0 Å². The Kier molecular flexibility index (Phi) is 6.72. The molecule has 0 spiro atoms. The number of alkyl halides is 1. The topological polar surface area (TPSA) is 90.1 Å². The van der Waals surface area contributed by atoms with Crippen LogP contribution in [0.2, 0.25) is 5.02 Å². The second-order valence-corrected chi connectivity index (χ2v) is 11.6. The number of morpholine rings is 1. The molecule has 0 aliphatic carbocycles. The molecular weight excluding hydrogens is 565 g/mol. The minimum Gasteiger partial charge on any atom is -0.378 e. The van der Waals surface area contributed by atoms with Crippen LogP contribution in [0.4, 0.5) is 15.2 Å². The third kappa shape index (κ3) is 4.77. The Morgan fingerprint density at radius 3 is 2.78 bits per heavy atom. The number of rotatable bonds is 6. The molecule has 12 heteroatoms. The van der Waals surface area contributed by atoms with Crippen molar-refractivity contribution in [1.82, 2.24) is 24.3 Å². The first-order valence-corrected chi connectivity index (χ1v) is 14.7.